The molecule has 1 saturated heterocycles. The van der Waals surface area contributed by atoms with Gasteiger partial charge in [-0.25, -0.2) is 4.79 Å². The van der Waals surface area contributed by atoms with Gasteiger partial charge in [0.05, 0.1) is 12.6 Å². The highest BCUT2D eigenvalue weighted by atomic mass is 32.1. The highest BCUT2D eigenvalue weighted by Gasteiger charge is 2.29. The van der Waals surface area contributed by atoms with Gasteiger partial charge in [-0.2, -0.15) is 0 Å². The lowest BCUT2D eigenvalue weighted by Crippen LogP contribution is -2.51. The molecule has 2 heterocycles. The Kier molecular flexibility index (Phi) is 5.53. The summed E-state index contributed by atoms with van der Waals surface area (Å²) in [5.41, 5.74) is 1.12. The van der Waals surface area contributed by atoms with E-state index < -0.39 is 0 Å². The molecule has 2 aromatic rings. The van der Waals surface area contributed by atoms with E-state index in [0.717, 1.165) is 12.0 Å². The van der Waals surface area contributed by atoms with Crippen LogP contribution in [0.4, 0.5) is 4.79 Å². The fraction of sp³-hybridized carbons (Fsp3) is 0.421. The van der Waals surface area contributed by atoms with Crippen molar-refractivity contribution in [2.45, 2.75) is 38.5 Å². The average Bonchev–Trinajstić information content (AvgIpc) is 3.08. The number of nitrogens with one attached hydrogen (secondary N) is 1. The van der Waals surface area contributed by atoms with Crippen LogP contribution >= 0.6 is 11.3 Å². The summed E-state index contributed by atoms with van der Waals surface area (Å²) in [6, 6.07) is 14.4. The molecule has 0 bridgehead atoms. The normalized spacial score (nSPS) is 22.2. The summed E-state index contributed by atoms with van der Waals surface area (Å²) in [5.74, 6) is 0. The van der Waals surface area contributed by atoms with Crippen LogP contribution in [-0.4, -0.2) is 36.2 Å². The van der Waals surface area contributed by atoms with E-state index >= 15 is 0 Å². The van der Waals surface area contributed by atoms with Crippen LogP contribution < -0.4 is 5.32 Å². The summed E-state index contributed by atoms with van der Waals surface area (Å²) >= 11 is 1.73. The molecule has 3 rings (SSSR count). The van der Waals surface area contributed by atoms with E-state index in [1.807, 2.05) is 36.1 Å². The van der Waals surface area contributed by atoms with Gasteiger partial charge >= 0.3 is 6.03 Å². The number of thiophene rings is 1. The Labute approximate surface area is 147 Å². The molecule has 0 unspecified atom stereocenters. The number of hydrogen-bond donors (Lipinski definition) is 1. The topological polar surface area (TPSA) is 41.6 Å². The van der Waals surface area contributed by atoms with Crippen LogP contribution in [0.3, 0.4) is 0 Å². The van der Waals surface area contributed by atoms with Crippen molar-refractivity contribution < 1.29 is 9.53 Å². The molecular formula is C19H24N2O2S. The molecule has 0 radical (unpaired) electrons. The number of morpholine rings is 1. The largest absolute Gasteiger partial charge is 0.367 e. The molecule has 1 aromatic heterocycles. The van der Waals surface area contributed by atoms with Crippen molar-refractivity contribution in [3.05, 3.63) is 58.3 Å². The molecule has 1 aliphatic rings. The molecule has 1 N–H and O–H groups in total. The van der Waals surface area contributed by atoms with E-state index in [1.54, 1.807) is 11.3 Å². The third-order valence-electron chi connectivity index (χ3n) is 4.18. The van der Waals surface area contributed by atoms with E-state index in [2.05, 4.69) is 35.8 Å². The van der Waals surface area contributed by atoms with E-state index in [-0.39, 0.29) is 24.3 Å². The Bertz CT molecular complexity index is 645. The second kappa shape index (κ2) is 7.81. The zero-order chi connectivity index (χ0) is 16.9. The highest BCUT2D eigenvalue weighted by molar-refractivity contribution is 7.09. The summed E-state index contributed by atoms with van der Waals surface area (Å²) in [4.78, 5) is 15.8. The minimum Gasteiger partial charge on any atom is -0.367 e. The fourth-order valence-electron chi connectivity index (χ4n) is 3.05. The summed E-state index contributed by atoms with van der Waals surface area (Å²) in [7, 11) is 0. The minimum absolute atomic E-state index is 0.00450. The van der Waals surface area contributed by atoms with Crippen LogP contribution in [0.25, 0.3) is 0 Å². The molecule has 0 spiro atoms. The minimum atomic E-state index is -0.0618. The number of carbonyl (C=O) groups excluding carboxylic acids is 1. The first-order chi connectivity index (χ1) is 11.6. The molecule has 0 aliphatic carbocycles. The van der Waals surface area contributed by atoms with Gasteiger partial charge in [0.15, 0.2) is 0 Å². The Balaban J connectivity index is 1.59. The predicted molar refractivity (Wildman–Crippen MR) is 97.3 cm³/mol. The molecule has 1 aliphatic heterocycles. The molecule has 1 aromatic carbocycles. The van der Waals surface area contributed by atoms with Gasteiger partial charge in [0.2, 0.25) is 0 Å². The highest BCUT2D eigenvalue weighted by Crippen LogP contribution is 2.25. The first kappa shape index (κ1) is 17.0. The zero-order valence-corrected chi connectivity index (χ0v) is 15.0. The van der Waals surface area contributed by atoms with Crippen molar-refractivity contribution in [1.82, 2.24) is 10.2 Å². The fourth-order valence-corrected chi connectivity index (χ4v) is 3.89. The number of nitrogens with zero attached hydrogens (tertiary/aromatic N) is 1. The van der Waals surface area contributed by atoms with Crippen LogP contribution in [0.5, 0.6) is 0 Å². The van der Waals surface area contributed by atoms with Crippen molar-refractivity contribution in [2.24, 2.45) is 0 Å². The SMILES string of the molecule is C[C@H](Cc1cccs1)NC(=O)N1C[C@H](C)O[C@@H](c2ccccc2)C1. The van der Waals surface area contributed by atoms with Crippen LogP contribution in [0, 0.1) is 0 Å². The van der Waals surface area contributed by atoms with Gasteiger partial charge in [-0.05, 0) is 30.9 Å². The Morgan fingerprint density at radius 3 is 2.79 bits per heavy atom. The van der Waals surface area contributed by atoms with Gasteiger partial charge < -0.3 is 15.0 Å². The van der Waals surface area contributed by atoms with Crippen molar-refractivity contribution >= 4 is 17.4 Å². The van der Waals surface area contributed by atoms with Gasteiger partial charge in [-0.1, -0.05) is 36.4 Å². The van der Waals surface area contributed by atoms with Crippen LogP contribution in [0.15, 0.2) is 47.8 Å². The number of ether oxygens (including phenoxy) is 1. The zero-order valence-electron chi connectivity index (χ0n) is 14.1. The smallest absolute Gasteiger partial charge is 0.317 e. The standard InChI is InChI=1S/C19H24N2O2S/c1-14(11-17-9-6-10-24-17)20-19(22)21-12-15(2)23-18(13-21)16-7-4-3-5-8-16/h3-10,14-15,18H,11-13H2,1-2H3,(H,20,22)/t14-,15+,18-/m1/s1. The van der Waals surface area contributed by atoms with Crippen molar-refractivity contribution in [3.8, 4) is 0 Å². The molecular weight excluding hydrogens is 320 g/mol. The molecule has 24 heavy (non-hydrogen) atoms. The van der Waals surface area contributed by atoms with E-state index in [1.165, 1.54) is 4.88 Å². The third-order valence-corrected chi connectivity index (χ3v) is 5.07. The van der Waals surface area contributed by atoms with Gasteiger partial charge in [0.1, 0.15) is 6.10 Å². The first-order valence-corrected chi connectivity index (χ1v) is 9.28. The lowest BCUT2D eigenvalue weighted by molar-refractivity contribution is -0.0658. The van der Waals surface area contributed by atoms with Crippen molar-refractivity contribution in [2.75, 3.05) is 13.1 Å². The van der Waals surface area contributed by atoms with Crippen LogP contribution in [0.2, 0.25) is 0 Å². The molecule has 3 atom stereocenters. The Morgan fingerprint density at radius 1 is 1.29 bits per heavy atom. The maximum atomic E-state index is 12.6. The van der Waals surface area contributed by atoms with E-state index in [4.69, 9.17) is 4.74 Å². The average molecular weight is 344 g/mol. The summed E-state index contributed by atoms with van der Waals surface area (Å²) in [6.07, 6.45) is 0.835. The predicted octanol–water partition coefficient (Wildman–Crippen LogP) is 3.85. The maximum absolute atomic E-state index is 12.6. The van der Waals surface area contributed by atoms with E-state index in [9.17, 15) is 4.79 Å². The van der Waals surface area contributed by atoms with Gasteiger partial charge in [-0.15, -0.1) is 11.3 Å². The van der Waals surface area contributed by atoms with Gasteiger partial charge in [0, 0.05) is 23.9 Å². The number of carbonyl (C=O) groups is 1. The van der Waals surface area contributed by atoms with Crippen LogP contribution in [0.1, 0.15) is 30.4 Å². The summed E-state index contributed by atoms with van der Waals surface area (Å²) < 4.78 is 6.02. The molecule has 0 saturated carbocycles. The summed E-state index contributed by atoms with van der Waals surface area (Å²) in [5, 5.41) is 5.19. The monoisotopic (exact) mass is 344 g/mol. The lowest BCUT2D eigenvalue weighted by atomic mass is 10.1. The van der Waals surface area contributed by atoms with Crippen LogP contribution in [-0.2, 0) is 11.2 Å². The van der Waals surface area contributed by atoms with Gasteiger partial charge in [-0.3, -0.25) is 0 Å². The first-order valence-electron chi connectivity index (χ1n) is 8.40. The van der Waals surface area contributed by atoms with Gasteiger partial charge in [0.25, 0.3) is 0 Å². The molecule has 1 fully saturated rings. The second-order valence-electron chi connectivity index (χ2n) is 6.39. The number of amides is 2. The number of urea groups is 1. The summed E-state index contributed by atoms with van der Waals surface area (Å²) in [6.45, 7) is 5.29. The quantitative estimate of drug-likeness (QED) is 0.915. The Hall–Kier alpha value is -1.85. The Morgan fingerprint density at radius 2 is 2.08 bits per heavy atom. The number of hydrogen-bond acceptors (Lipinski definition) is 3. The lowest BCUT2D eigenvalue weighted by Gasteiger charge is -2.37. The maximum Gasteiger partial charge on any atom is 0.317 e. The number of rotatable bonds is 4. The third kappa shape index (κ3) is 4.36. The molecule has 4 nitrogen and oxygen atoms in total. The van der Waals surface area contributed by atoms with E-state index in [0.29, 0.717) is 13.1 Å². The van der Waals surface area contributed by atoms with Crippen molar-refractivity contribution in [1.29, 1.82) is 0 Å². The van der Waals surface area contributed by atoms with Crippen molar-refractivity contribution in [3.63, 3.8) is 0 Å². The molecule has 2 amide bonds. The number of benzene rings is 1. The second-order valence-corrected chi connectivity index (χ2v) is 7.42. The molecule has 128 valence electrons. The molecule has 5 heteroatoms.